The van der Waals surface area contributed by atoms with Crippen LogP contribution in [0.15, 0.2) is 27.5 Å². The van der Waals surface area contributed by atoms with E-state index in [2.05, 4.69) is 25.7 Å². The van der Waals surface area contributed by atoms with E-state index in [0.29, 0.717) is 10.2 Å². The summed E-state index contributed by atoms with van der Waals surface area (Å²) in [7, 11) is 1.64. The molecule has 0 aliphatic rings. The summed E-state index contributed by atoms with van der Waals surface area (Å²) in [5.74, 6) is -0.449. The van der Waals surface area contributed by atoms with Crippen LogP contribution < -0.4 is 5.73 Å². The normalized spacial score (nSPS) is 11.6. The molecule has 0 bridgehead atoms. The van der Waals surface area contributed by atoms with Gasteiger partial charge in [0.1, 0.15) is 5.03 Å². The predicted molar refractivity (Wildman–Crippen MR) is 66.3 cm³/mol. The van der Waals surface area contributed by atoms with E-state index in [1.165, 1.54) is 16.8 Å². The van der Waals surface area contributed by atoms with Gasteiger partial charge < -0.3 is 10.9 Å². The van der Waals surface area contributed by atoms with Gasteiger partial charge in [0, 0.05) is 13.1 Å². The molecule has 12 heteroatoms. The molecule has 11 nitrogen and oxygen atoms in total. The van der Waals surface area contributed by atoms with Crippen LogP contribution in [0.3, 0.4) is 0 Å². The lowest BCUT2D eigenvalue weighted by Crippen LogP contribution is -2.17. The van der Waals surface area contributed by atoms with E-state index in [1.807, 2.05) is 0 Å². The molecule has 0 aliphatic carbocycles. The van der Waals surface area contributed by atoms with Crippen molar-refractivity contribution in [1.29, 1.82) is 0 Å². The van der Waals surface area contributed by atoms with Crippen molar-refractivity contribution in [2.75, 3.05) is 0 Å². The van der Waals surface area contributed by atoms with Crippen molar-refractivity contribution in [2.45, 2.75) is 10.2 Å². The van der Waals surface area contributed by atoms with E-state index < -0.39 is 10.8 Å². The number of oxime groups is 1. The summed E-state index contributed by atoms with van der Waals surface area (Å²) < 4.78 is 1.41. The number of pyridine rings is 1. The first-order chi connectivity index (χ1) is 9.52. The average molecular weight is 296 g/mol. The highest BCUT2D eigenvalue weighted by molar-refractivity contribution is 7.99. The fraction of sp³-hybridized carbons (Fsp3) is 0.125. The van der Waals surface area contributed by atoms with Crippen molar-refractivity contribution in [2.24, 2.45) is 17.9 Å². The molecule has 0 saturated carbocycles. The summed E-state index contributed by atoms with van der Waals surface area (Å²) in [5.41, 5.74) is 4.80. The number of hydrogen-bond donors (Lipinski definition) is 2. The summed E-state index contributed by atoms with van der Waals surface area (Å²) in [6, 6.07) is 2.64. The van der Waals surface area contributed by atoms with Crippen molar-refractivity contribution >= 4 is 23.3 Å². The van der Waals surface area contributed by atoms with E-state index >= 15 is 0 Å². The fourth-order valence-electron chi connectivity index (χ4n) is 1.28. The highest BCUT2D eigenvalue weighted by Gasteiger charge is 2.20. The molecule has 20 heavy (non-hydrogen) atoms. The first-order valence-corrected chi connectivity index (χ1v) is 5.88. The molecule has 0 unspecified atom stereocenters. The van der Waals surface area contributed by atoms with Gasteiger partial charge in [0.05, 0.1) is 4.92 Å². The zero-order chi connectivity index (χ0) is 14.7. The zero-order valence-electron chi connectivity index (χ0n) is 10.0. The number of aromatic nitrogens is 5. The van der Waals surface area contributed by atoms with E-state index in [1.54, 1.807) is 7.05 Å². The van der Waals surface area contributed by atoms with Gasteiger partial charge in [-0.1, -0.05) is 5.16 Å². The zero-order valence-corrected chi connectivity index (χ0v) is 10.9. The summed E-state index contributed by atoms with van der Waals surface area (Å²) in [5, 5.41) is 33.9. The summed E-state index contributed by atoms with van der Waals surface area (Å²) in [6.45, 7) is 0. The number of hydrogen-bond acceptors (Lipinski definition) is 9. The molecule has 0 atom stereocenters. The molecular formula is C8H8N8O3S. The molecule has 104 valence electrons. The second-order valence-electron chi connectivity index (χ2n) is 3.45. The number of nitrogens with zero attached hydrogens (tertiary/aromatic N) is 7. The molecule has 2 heterocycles. The molecule has 0 aromatic carbocycles. The van der Waals surface area contributed by atoms with Crippen molar-refractivity contribution in [3.05, 3.63) is 27.9 Å². The summed E-state index contributed by atoms with van der Waals surface area (Å²) in [4.78, 5) is 14.2. The maximum Gasteiger partial charge on any atom is 0.298 e. The van der Waals surface area contributed by atoms with Gasteiger partial charge in [0.2, 0.25) is 5.16 Å². The SMILES string of the molecule is Cn1nnnc1Sc1ccc([N+](=O)[O-])c(/C(N)=N/O)n1. The van der Waals surface area contributed by atoms with E-state index in [4.69, 9.17) is 10.9 Å². The fourth-order valence-corrected chi connectivity index (χ4v) is 1.98. The Morgan fingerprint density at radius 2 is 2.35 bits per heavy atom. The molecule has 2 aromatic heterocycles. The Kier molecular flexibility index (Phi) is 3.74. The summed E-state index contributed by atoms with van der Waals surface area (Å²) >= 11 is 1.08. The molecule has 3 N–H and O–H groups in total. The second kappa shape index (κ2) is 5.48. The molecule has 0 aliphatic heterocycles. The number of nitrogens with two attached hydrogens (primary N) is 1. The number of nitro groups is 1. The predicted octanol–water partition coefficient (Wildman–Crippen LogP) is -0.241. The number of amidine groups is 1. The lowest BCUT2D eigenvalue weighted by Gasteiger charge is -2.03. The van der Waals surface area contributed by atoms with Crippen LogP contribution in [-0.4, -0.2) is 41.2 Å². The molecule has 2 rings (SSSR count). The van der Waals surface area contributed by atoms with E-state index in [-0.39, 0.29) is 11.4 Å². The maximum atomic E-state index is 10.9. The Bertz CT molecular complexity index is 684. The van der Waals surface area contributed by atoms with Gasteiger partial charge in [0.25, 0.3) is 5.69 Å². The van der Waals surface area contributed by atoms with Gasteiger partial charge in [-0.25, -0.2) is 9.67 Å². The van der Waals surface area contributed by atoms with Gasteiger partial charge in [-0.15, -0.1) is 5.10 Å². The highest BCUT2D eigenvalue weighted by Crippen LogP contribution is 2.26. The van der Waals surface area contributed by atoms with Crippen LogP contribution in [-0.2, 0) is 7.05 Å². The van der Waals surface area contributed by atoms with Crippen LogP contribution in [0, 0.1) is 10.1 Å². The minimum absolute atomic E-state index is 0.224. The first kappa shape index (κ1) is 13.7. The van der Waals surface area contributed by atoms with Crippen molar-refractivity contribution < 1.29 is 10.1 Å². The lowest BCUT2D eigenvalue weighted by atomic mass is 10.3. The lowest BCUT2D eigenvalue weighted by molar-refractivity contribution is -0.385. The molecular weight excluding hydrogens is 288 g/mol. The first-order valence-electron chi connectivity index (χ1n) is 5.06. The summed E-state index contributed by atoms with van der Waals surface area (Å²) in [6.07, 6.45) is 0. The molecule has 0 spiro atoms. The molecule has 2 aromatic rings. The maximum absolute atomic E-state index is 10.9. The minimum Gasteiger partial charge on any atom is -0.409 e. The molecule has 0 saturated heterocycles. The van der Waals surface area contributed by atoms with Gasteiger partial charge in [-0.2, -0.15) is 0 Å². The molecule has 0 fully saturated rings. The van der Waals surface area contributed by atoms with Crippen LogP contribution in [0.25, 0.3) is 0 Å². The monoisotopic (exact) mass is 296 g/mol. The van der Waals surface area contributed by atoms with E-state index in [9.17, 15) is 10.1 Å². The Hall–Kier alpha value is -2.76. The molecule has 0 radical (unpaired) electrons. The topological polar surface area (TPSA) is 158 Å². The Morgan fingerprint density at radius 3 is 2.90 bits per heavy atom. The van der Waals surface area contributed by atoms with Gasteiger partial charge in [0.15, 0.2) is 11.5 Å². The third kappa shape index (κ3) is 2.64. The van der Waals surface area contributed by atoms with Gasteiger partial charge in [-0.3, -0.25) is 10.1 Å². The van der Waals surface area contributed by atoms with Crippen molar-refractivity contribution in [3.63, 3.8) is 0 Å². The van der Waals surface area contributed by atoms with Crippen molar-refractivity contribution in [3.8, 4) is 0 Å². The average Bonchev–Trinajstić information content (AvgIpc) is 2.83. The number of rotatable bonds is 4. The quantitative estimate of drug-likeness (QED) is 0.255. The van der Waals surface area contributed by atoms with Crippen LogP contribution in [0.2, 0.25) is 0 Å². The smallest absolute Gasteiger partial charge is 0.298 e. The van der Waals surface area contributed by atoms with Gasteiger partial charge >= 0.3 is 0 Å². The third-order valence-electron chi connectivity index (χ3n) is 2.17. The Labute approximate surface area is 115 Å². The van der Waals surface area contributed by atoms with Crippen LogP contribution in [0.4, 0.5) is 5.69 Å². The van der Waals surface area contributed by atoms with Gasteiger partial charge in [-0.05, 0) is 28.3 Å². The van der Waals surface area contributed by atoms with Crippen LogP contribution >= 0.6 is 11.8 Å². The standard InChI is InChI=1S/C8H8N8O3S/c1-15-8(11-13-14-15)20-5-3-2-4(16(18)19)6(10-5)7(9)12-17/h2-3,17H,1H3,(H2,9,12). The Morgan fingerprint density at radius 1 is 1.60 bits per heavy atom. The van der Waals surface area contributed by atoms with E-state index in [0.717, 1.165) is 11.8 Å². The highest BCUT2D eigenvalue weighted by atomic mass is 32.2. The Balaban J connectivity index is 2.42. The number of tetrazole rings is 1. The second-order valence-corrected chi connectivity index (χ2v) is 4.43. The van der Waals surface area contributed by atoms with Crippen LogP contribution in [0.5, 0.6) is 0 Å². The van der Waals surface area contributed by atoms with Crippen molar-refractivity contribution in [1.82, 2.24) is 25.2 Å². The van der Waals surface area contributed by atoms with Crippen LogP contribution in [0.1, 0.15) is 5.69 Å². The number of aryl methyl sites for hydroxylation is 1. The molecule has 0 amide bonds. The third-order valence-corrected chi connectivity index (χ3v) is 3.14. The minimum atomic E-state index is -0.668. The largest absolute Gasteiger partial charge is 0.409 e.